The van der Waals surface area contributed by atoms with Gasteiger partial charge in [0.15, 0.2) is 0 Å². The van der Waals surface area contributed by atoms with Gasteiger partial charge in [-0.05, 0) is 17.5 Å². The van der Waals surface area contributed by atoms with Crippen LogP contribution in [0.1, 0.15) is 21.5 Å². The molecule has 0 aliphatic rings. The van der Waals surface area contributed by atoms with Gasteiger partial charge in [0.1, 0.15) is 0 Å². The Morgan fingerprint density at radius 3 is 2.50 bits per heavy atom. The van der Waals surface area contributed by atoms with Crippen LogP contribution in [0.5, 0.6) is 0 Å². The number of esters is 1. The maximum absolute atomic E-state index is 11.8. The fourth-order valence-corrected chi connectivity index (χ4v) is 1.95. The molecule has 0 fully saturated rings. The van der Waals surface area contributed by atoms with Gasteiger partial charge in [0.05, 0.1) is 17.6 Å². The van der Waals surface area contributed by atoms with Gasteiger partial charge in [-0.1, -0.05) is 36.4 Å². The molecular formula is C15H13NO4. The highest BCUT2D eigenvalue weighted by atomic mass is 16.6. The quantitative estimate of drug-likeness (QED) is 0.487. The van der Waals surface area contributed by atoms with E-state index in [0.717, 1.165) is 5.56 Å². The first kappa shape index (κ1) is 13.7. The number of ether oxygens (including phenoxy) is 1. The molecule has 0 heterocycles. The standard InChI is InChI=1S/C15H13NO4/c1-20-15(17)14-10-13(16(18)19)8-7-12(14)9-11-5-3-2-4-6-11/h2-8,10H,9H2,1H3. The third-order valence-corrected chi connectivity index (χ3v) is 2.95. The van der Waals surface area contributed by atoms with E-state index in [1.165, 1.54) is 19.2 Å². The van der Waals surface area contributed by atoms with E-state index in [1.807, 2.05) is 30.3 Å². The summed E-state index contributed by atoms with van der Waals surface area (Å²) >= 11 is 0. The van der Waals surface area contributed by atoms with E-state index in [4.69, 9.17) is 0 Å². The van der Waals surface area contributed by atoms with Crippen LogP contribution in [-0.4, -0.2) is 18.0 Å². The van der Waals surface area contributed by atoms with E-state index in [2.05, 4.69) is 4.74 Å². The number of rotatable bonds is 4. The van der Waals surface area contributed by atoms with E-state index in [1.54, 1.807) is 6.07 Å². The van der Waals surface area contributed by atoms with E-state index < -0.39 is 10.9 Å². The first-order valence-corrected chi connectivity index (χ1v) is 6.01. The Hall–Kier alpha value is -2.69. The largest absolute Gasteiger partial charge is 0.465 e. The van der Waals surface area contributed by atoms with Crippen LogP contribution in [0.25, 0.3) is 0 Å². The van der Waals surface area contributed by atoms with Gasteiger partial charge in [-0.25, -0.2) is 4.79 Å². The second kappa shape index (κ2) is 5.97. The molecule has 102 valence electrons. The summed E-state index contributed by atoms with van der Waals surface area (Å²) < 4.78 is 4.69. The molecule has 0 aromatic heterocycles. The van der Waals surface area contributed by atoms with Crippen molar-refractivity contribution in [2.24, 2.45) is 0 Å². The van der Waals surface area contributed by atoms with Crippen LogP contribution in [0.3, 0.4) is 0 Å². The fourth-order valence-electron chi connectivity index (χ4n) is 1.95. The van der Waals surface area contributed by atoms with Gasteiger partial charge >= 0.3 is 5.97 Å². The molecule has 2 rings (SSSR count). The van der Waals surface area contributed by atoms with Crippen molar-refractivity contribution >= 4 is 11.7 Å². The second-order valence-electron chi connectivity index (χ2n) is 4.25. The lowest BCUT2D eigenvalue weighted by Crippen LogP contribution is -2.07. The summed E-state index contributed by atoms with van der Waals surface area (Å²) in [7, 11) is 1.26. The zero-order valence-electron chi connectivity index (χ0n) is 10.9. The summed E-state index contributed by atoms with van der Waals surface area (Å²) in [6.07, 6.45) is 0.517. The minimum absolute atomic E-state index is 0.123. The average Bonchev–Trinajstić information content (AvgIpc) is 2.47. The van der Waals surface area contributed by atoms with Crippen molar-refractivity contribution in [2.75, 3.05) is 7.11 Å². The third kappa shape index (κ3) is 3.00. The van der Waals surface area contributed by atoms with Gasteiger partial charge in [-0.15, -0.1) is 0 Å². The molecule has 0 spiro atoms. The number of nitro benzene ring substituents is 1. The van der Waals surface area contributed by atoms with E-state index in [0.29, 0.717) is 12.0 Å². The number of carbonyl (C=O) groups excluding carboxylic acids is 1. The zero-order valence-corrected chi connectivity index (χ0v) is 10.9. The minimum Gasteiger partial charge on any atom is -0.465 e. The summed E-state index contributed by atoms with van der Waals surface area (Å²) in [4.78, 5) is 22.0. The molecule has 2 aromatic rings. The van der Waals surface area contributed by atoms with Crippen molar-refractivity contribution in [1.82, 2.24) is 0 Å². The van der Waals surface area contributed by atoms with Crippen LogP contribution in [0.4, 0.5) is 5.69 Å². The van der Waals surface area contributed by atoms with Crippen molar-refractivity contribution in [1.29, 1.82) is 0 Å². The lowest BCUT2D eigenvalue weighted by molar-refractivity contribution is -0.384. The zero-order chi connectivity index (χ0) is 14.5. The number of methoxy groups -OCH3 is 1. The van der Waals surface area contributed by atoms with Crippen LogP contribution < -0.4 is 0 Å². The van der Waals surface area contributed by atoms with Crippen molar-refractivity contribution in [3.05, 3.63) is 75.3 Å². The summed E-state index contributed by atoms with van der Waals surface area (Å²) in [6, 6.07) is 13.8. The van der Waals surface area contributed by atoms with Gasteiger partial charge in [0.25, 0.3) is 5.69 Å². The second-order valence-corrected chi connectivity index (χ2v) is 4.25. The Balaban J connectivity index is 2.41. The summed E-state index contributed by atoms with van der Waals surface area (Å²) in [5.74, 6) is -0.570. The first-order valence-electron chi connectivity index (χ1n) is 6.01. The molecule has 0 saturated heterocycles. The third-order valence-electron chi connectivity index (χ3n) is 2.95. The molecule has 0 radical (unpaired) electrons. The number of nitrogens with zero attached hydrogens (tertiary/aromatic N) is 1. The summed E-state index contributed by atoms with van der Waals surface area (Å²) in [5, 5.41) is 10.8. The van der Waals surface area contributed by atoms with Crippen molar-refractivity contribution < 1.29 is 14.5 Å². The van der Waals surface area contributed by atoms with Gasteiger partial charge in [-0.2, -0.15) is 0 Å². The van der Waals surface area contributed by atoms with Gasteiger partial charge in [0, 0.05) is 12.1 Å². The Labute approximate surface area is 116 Å². The van der Waals surface area contributed by atoms with Crippen LogP contribution >= 0.6 is 0 Å². The molecule has 20 heavy (non-hydrogen) atoms. The Morgan fingerprint density at radius 2 is 1.90 bits per heavy atom. The highest BCUT2D eigenvalue weighted by Gasteiger charge is 2.17. The molecule has 0 aliphatic carbocycles. The molecular weight excluding hydrogens is 258 g/mol. The van der Waals surface area contributed by atoms with Crippen LogP contribution in [0.15, 0.2) is 48.5 Å². The summed E-state index contributed by atoms with van der Waals surface area (Å²) in [6.45, 7) is 0. The summed E-state index contributed by atoms with van der Waals surface area (Å²) in [5.41, 5.74) is 1.83. The fraction of sp³-hybridized carbons (Fsp3) is 0.133. The highest BCUT2D eigenvalue weighted by molar-refractivity contribution is 5.92. The predicted octanol–water partition coefficient (Wildman–Crippen LogP) is 2.97. The topological polar surface area (TPSA) is 69.4 Å². The molecule has 0 unspecified atom stereocenters. The number of hydrogen-bond donors (Lipinski definition) is 0. The van der Waals surface area contributed by atoms with E-state index >= 15 is 0 Å². The monoisotopic (exact) mass is 271 g/mol. The van der Waals surface area contributed by atoms with Crippen LogP contribution in [-0.2, 0) is 11.2 Å². The molecule has 0 aliphatic heterocycles. The normalized spacial score (nSPS) is 10.1. The molecule has 0 saturated carbocycles. The number of benzene rings is 2. The van der Waals surface area contributed by atoms with Crippen molar-refractivity contribution in [2.45, 2.75) is 6.42 Å². The minimum atomic E-state index is -0.570. The van der Waals surface area contributed by atoms with E-state index in [-0.39, 0.29) is 11.3 Å². The lowest BCUT2D eigenvalue weighted by Gasteiger charge is -2.08. The Kier molecular flexibility index (Phi) is 4.10. The maximum Gasteiger partial charge on any atom is 0.338 e. The average molecular weight is 271 g/mol. The molecule has 5 heteroatoms. The van der Waals surface area contributed by atoms with E-state index in [9.17, 15) is 14.9 Å². The van der Waals surface area contributed by atoms with Crippen LogP contribution in [0, 0.1) is 10.1 Å². The SMILES string of the molecule is COC(=O)c1cc([N+](=O)[O-])ccc1Cc1ccccc1. The number of carbonyl (C=O) groups is 1. The molecule has 0 amide bonds. The first-order chi connectivity index (χ1) is 9.61. The number of non-ortho nitro benzene ring substituents is 1. The molecule has 0 atom stereocenters. The van der Waals surface area contributed by atoms with Gasteiger partial charge in [-0.3, -0.25) is 10.1 Å². The molecule has 0 N–H and O–H groups in total. The van der Waals surface area contributed by atoms with Crippen molar-refractivity contribution in [3.63, 3.8) is 0 Å². The van der Waals surface area contributed by atoms with Gasteiger partial charge in [0.2, 0.25) is 0 Å². The molecule has 5 nitrogen and oxygen atoms in total. The Bertz CT molecular complexity index is 638. The van der Waals surface area contributed by atoms with Crippen LogP contribution in [0.2, 0.25) is 0 Å². The number of nitro groups is 1. The number of hydrogen-bond acceptors (Lipinski definition) is 4. The Morgan fingerprint density at radius 1 is 1.20 bits per heavy atom. The molecule has 2 aromatic carbocycles. The smallest absolute Gasteiger partial charge is 0.338 e. The van der Waals surface area contributed by atoms with Crippen molar-refractivity contribution in [3.8, 4) is 0 Å². The predicted molar refractivity (Wildman–Crippen MR) is 73.7 cm³/mol. The highest BCUT2D eigenvalue weighted by Crippen LogP contribution is 2.21. The lowest BCUT2D eigenvalue weighted by atomic mass is 9.99. The maximum atomic E-state index is 11.8. The molecule has 0 bridgehead atoms. The van der Waals surface area contributed by atoms with Gasteiger partial charge < -0.3 is 4.74 Å².